The van der Waals surface area contributed by atoms with Crippen LogP contribution < -0.4 is 5.32 Å². The van der Waals surface area contributed by atoms with Gasteiger partial charge >= 0.3 is 6.09 Å². The molecule has 0 aromatic rings. The van der Waals surface area contributed by atoms with E-state index in [4.69, 9.17) is 4.74 Å². The van der Waals surface area contributed by atoms with Crippen molar-refractivity contribution in [2.75, 3.05) is 26.3 Å². The molecular formula is C15H28N2O3. The second-order valence-corrected chi connectivity index (χ2v) is 7.38. The van der Waals surface area contributed by atoms with Crippen LogP contribution >= 0.6 is 0 Å². The highest BCUT2D eigenvalue weighted by atomic mass is 16.5. The average Bonchev–Trinajstić information content (AvgIpc) is 2.92. The third-order valence-corrected chi connectivity index (χ3v) is 4.50. The van der Waals surface area contributed by atoms with Crippen molar-refractivity contribution >= 4 is 6.09 Å². The summed E-state index contributed by atoms with van der Waals surface area (Å²) >= 11 is 0. The number of aliphatic hydroxyl groups excluding tert-OH is 1. The Morgan fingerprint density at radius 3 is 2.85 bits per heavy atom. The topological polar surface area (TPSA) is 61.8 Å². The van der Waals surface area contributed by atoms with Gasteiger partial charge in [0.1, 0.15) is 6.61 Å². The standard InChI is InChI=1S/C15H28N2O3/c1-14(2,3)10-16-13(19)20-9-12-5-7-15(11-18)6-4-8-17(12)15/h12,18H,4-11H2,1-3H3,(H,16,19). The molecule has 0 aliphatic carbocycles. The van der Waals surface area contributed by atoms with Crippen LogP contribution in [0.2, 0.25) is 0 Å². The molecule has 2 unspecified atom stereocenters. The first-order valence-corrected chi connectivity index (χ1v) is 7.65. The van der Waals surface area contributed by atoms with Gasteiger partial charge in [-0.3, -0.25) is 4.90 Å². The van der Waals surface area contributed by atoms with Gasteiger partial charge in [0.2, 0.25) is 0 Å². The highest BCUT2D eigenvalue weighted by Crippen LogP contribution is 2.41. The minimum atomic E-state index is -0.333. The van der Waals surface area contributed by atoms with Gasteiger partial charge in [0, 0.05) is 18.1 Å². The van der Waals surface area contributed by atoms with Crippen LogP contribution in [-0.2, 0) is 4.74 Å². The number of fused-ring (bicyclic) bond motifs is 1. The van der Waals surface area contributed by atoms with Crippen LogP contribution in [0.1, 0.15) is 46.5 Å². The predicted molar refractivity (Wildman–Crippen MR) is 77.6 cm³/mol. The molecular weight excluding hydrogens is 256 g/mol. The Labute approximate surface area is 121 Å². The number of aliphatic hydroxyl groups is 1. The molecule has 0 saturated carbocycles. The van der Waals surface area contributed by atoms with E-state index in [1.54, 1.807) is 0 Å². The number of carbonyl (C=O) groups is 1. The summed E-state index contributed by atoms with van der Waals surface area (Å²) in [5.41, 5.74) is 0.0310. The zero-order valence-corrected chi connectivity index (χ0v) is 12.9. The third-order valence-electron chi connectivity index (χ3n) is 4.50. The van der Waals surface area contributed by atoms with Crippen molar-refractivity contribution in [2.24, 2.45) is 5.41 Å². The van der Waals surface area contributed by atoms with Gasteiger partial charge in [-0.2, -0.15) is 0 Å². The lowest BCUT2D eigenvalue weighted by Gasteiger charge is -2.33. The van der Waals surface area contributed by atoms with Gasteiger partial charge in [-0.25, -0.2) is 4.79 Å². The molecule has 5 nitrogen and oxygen atoms in total. The van der Waals surface area contributed by atoms with Crippen molar-refractivity contribution in [3.8, 4) is 0 Å². The van der Waals surface area contributed by atoms with E-state index in [9.17, 15) is 9.90 Å². The molecule has 20 heavy (non-hydrogen) atoms. The van der Waals surface area contributed by atoms with Gasteiger partial charge in [0.05, 0.1) is 6.61 Å². The molecule has 0 bridgehead atoms. The normalized spacial score (nSPS) is 30.3. The van der Waals surface area contributed by atoms with Crippen LogP contribution in [0.5, 0.6) is 0 Å². The van der Waals surface area contributed by atoms with Gasteiger partial charge in [-0.1, -0.05) is 20.8 Å². The molecule has 2 atom stereocenters. The van der Waals surface area contributed by atoms with E-state index >= 15 is 0 Å². The summed E-state index contributed by atoms with van der Waals surface area (Å²) < 4.78 is 5.35. The molecule has 0 spiro atoms. The molecule has 0 aromatic carbocycles. The van der Waals surface area contributed by atoms with E-state index in [1.165, 1.54) is 0 Å². The molecule has 2 aliphatic heterocycles. The maximum Gasteiger partial charge on any atom is 0.407 e. The van der Waals surface area contributed by atoms with E-state index < -0.39 is 0 Å². The van der Waals surface area contributed by atoms with Crippen molar-refractivity contribution in [3.63, 3.8) is 0 Å². The zero-order chi connectivity index (χ0) is 14.8. The Balaban J connectivity index is 1.76. The minimum absolute atomic E-state index is 0.0318. The number of nitrogens with zero attached hydrogens (tertiary/aromatic N) is 1. The van der Waals surface area contributed by atoms with Crippen LogP contribution in [0.4, 0.5) is 4.79 Å². The van der Waals surface area contributed by atoms with Gasteiger partial charge in [-0.05, 0) is 37.6 Å². The second-order valence-electron chi connectivity index (χ2n) is 7.38. The Morgan fingerprint density at radius 1 is 1.45 bits per heavy atom. The molecule has 2 aliphatic rings. The zero-order valence-electron chi connectivity index (χ0n) is 12.9. The average molecular weight is 284 g/mol. The number of nitrogens with one attached hydrogen (secondary N) is 1. The van der Waals surface area contributed by atoms with E-state index in [1.807, 2.05) is 0 Å². The fourth-order valence-electron chi connectivity index (χ4n) is 3.37. The second kappa shape index (κ2) is 5.90. The first-order valence-electron chi connectivity index (χ1n) is 7.65. The summed E-state index contributed by atoms with van der Waals surface area (Å²) in [6.07, 6.45) is 3.89. The van der Waals surface area contributed by atoms with E-state index in [2.05, 4.69) is 31.0 Å². The summed E-state index contributed by atoms with van der Waals surface area (Å²) in [4.78, 5) is 14.0. The lowest BCUT2D eigenvalue weighted by Crippen LogP contribution is -2.47. The van der Waals surface area contributed by atoms with E-state index in [-0.39, 0.29) is 29.7 Å². The SMILES string of the molecule is CC(C)(C)CNC(=O)OCC1CCC2(CO)CCCN12. The molecule has 2 N–H and O–H groups in total. The fourth-order valence-corrected chi connectivity index (χ4v) is 3.37. The molecule has 2 saturated heterocycles. The van der Waals surface area contributed by atoms with Crippen LogP contribution in [0.25, 0.3) is 0 Å². The maximum absolute atomic E-state index is 11.7. The Kier molecular flexibility index (Phi) is 4.59. The number of carbonyl (C=O) groups excluding carboxylic acids is 1. The third kappa shape index (κ3) is 3.44. The molecule has 0 aromatic heterocycles. The van der Waals surface area contributed by atoms with E-state index in [0.717, 1.165) is 32.2 Å². The number of ether oxygens (including phenoxy) is 1. The first kappa shape index (κ1) is 15.6. The highest BCUT2D eigenvalue weighted by Gasteiger charge is 2.48. The summed E-state index contributed by atoms with van der Waals surface area (Å²) in [7, 11) is 0. The van der Waals surface area contributed by atoms with Crippen molar-refractivity contribution in [1.82, 2.24) is 10.2 Å². The van der Waals surface area contributed by atoms with Gasteiger partial charge < -0.3 is 15.2 Å². The number of rotatable bonds is 4. The molecule has 0 radical (unpaired) electrons. The monoisotopic (exact) mass is 284 g/mol. The van der Waals surface area contributed by atoms with Crippen molar-refractivity contribution in [1.29, 1.82) is 0 Å². The summed E-state index contributed by atoms with van der Waals surface area (Å²) in [6, 6.07) is 0.269. The van der Waals surface area contributed by atoms with Gasteiger partial charge in [-0.15, -0.1) is 0 Å². The summed E-state index contributed by atoms with van der Waals surface area (Å²) in [5.74, 6) is 0. The van der Waals surface area contributed by atoms with Crippen molar-refractivity contribution in [3.05, 3.63) is 0 Å². The Bertz CT molecular complexity index is 354. The van der Waals surface area contributed by atoms with E-state index in [0.29, 0.717) is 13.2 Å². The predicted octanol–water partition coefficient (Wildman–Crippen LogP) is 1.75. The molecule has 2 fully saturated rings. The van der Waals surface area contributed by atoms with Crippen molar-refractivity contribution < 1.29 is 14.6 Å². The lowest BCUT2D eigenvalue weighted by atomic mass is 9.95. The van der Waals surface area contributed by atoms with Crippen LogP contribution in [0, 0.1) is 5.41 Å². The van der Waals surface area contributed by atoms with Gasteiger partial charge in [0.15, 0.2) is 0 Å². The Morgan fingerprint density at radius 2 is 2.20 bits per heavy atom. The maximum atomic E-state index is 11.7. The van der Waals surface area contributed by atoms with Gasteiger partial charge in [0.25, 0.3) is 0 Å². The quantitative estimate of drug-likeness (QED) is 0.825. The van der Waals surface area contributed by atoms with Crippen LogP contribution in [0.15, 0.2) is 0 Å². The molecule has 2 heterocycles. The Hall–Kier alpha value is -0.810. The lowest BCUT2D eigenvalue weighted by molar-refractivity contribution is 0.0503. The fraction of sp³-hybridized carbons (Fsp3) is 0.933. The minimum Gasteiger partial charge on any atom is -0.448 e. The van der Waals surface area contributed by atoms with Crippen LogP contribution in [0.3, 0.4) is 0 Å². The summed E-state index contributed by atoms with van der Waals surface area (Å²) in [5, 5.41) is 12.4. The molecule has 2 rings (SSSR count). The van der Waals surface area contributed by atoms with Crippen molar-refractivity contribution in [2.45, 2.75) is 58.0 Å². The summed E-state index contributed by atoms with van der Waals surface area (Å²) in [6.45, 7) is 8.49. The first-order chi connectivity index (χ1) is 9.36. The highest BCUT2D eigenvalue weighted by molar-refractivity contribution is 5.67. The largest absolute Gasteiger partial charge is 0.448 e. The number of hydrogen-bond donors (Lipinski definition) is 2. The number of hydrogen-bond acceptors (Lipinski definition) is 4. The molecule has 116 valence electrons. The smallest absolute Gasteiger partial charge is 0.407 e. The molecule has 5 heteroatoms. The number of amides is 1. The number of alkyl carbamates (subject to hydrolysis) is 1. The molecule has 1 amide bonds. The van der Waals surface area contributed by atoms with Crippen LogP contribution in [-0.4, -0.2) is 54.0 Å².